The predicted molar refractivity (Wildman–Crippen MR) is 119 cm³/mol. The Morgan fingerprint density at radius 1 is 0.968 bits per heavy atom. The molecule has 4 rings (SSSR count). The molecule has 0 spiro atoms. The van der Waals surface area contributed by atoms with E-state index in [2.05, 4.69) is 29.6 Å². The lowest BCUT2D eigenvalue weighted by molar-refractivity contribution is -0.130. The zero-order chi connectivity index (χ0) is 21.8. The number of benzene rings is 2. The highest BCUT2D eigenvalue weighted by Crippen LogP contribution is 2.24. The van der Waals surface area contributed by atoms with E-state index in [1.165, 1.54) is 0 Å². The monoisotopic (exact) mass is 419 g/mol. The number of piperidine rings is 1. The molecule has 31 heavy (non-hydrogen) atoms. The smallest absolute Gasteiger partial charge is 0.253 e. The van der Waals surface area contributed by atoms with E-state index in [4.69, 9.17) is 0 Å². The van der Waals surface area contributed by atoms with E-state index in [-0.39, 0.29) is 23.6 Å². The van der Waals surface area contributed by atoms with Gasteiger partial charge in [0.05, 0.1) is 0 Å². The van der Waals surface area contributed by atoms with E-state index >= 15 is 0 Å². The van der Waals surface area contributed by atoms with Crippen molar-refractivity contribution in [3.8, 4) is 11.1 Å². The highest BCUT2D eigenvalue weighted by atomic mass is 16.2. The molecule has 0 radical (unpaired) electrons. The minimum atomic E-state index is 0.00461. The van der Waals surface area contributed by atoms with Crippen LogP contribution in [0.15, 0.2) is 48.5 Å². The Labute approximate surface area is 183 Å². The predicted octanol–water partition coefficient (Wildman–Crippen LogP) is 2.73. The molecule has 0 aromatic heterocycles. The Bertz CT molecular complexity index is 962. The van der Waals surface area contributed by atoms with Gasteiger partial charge in [-0.25, -0.2) is 0 Å². The molecule has 2 fully saturated rings. The molecule has 2 aliphatic heterocycles. The number of hydrogen-bond acceptors (Lipinski definition) is 3. The van der Waals surface area contributed by atoms with Gasteiger partial charge in [-0.2, -0.15) is 0 Å². The number of carbonyl (C=O) groups is 3. The normalized spacial score (nSPS) is 19.1. The van der Waals surface area contributed by atoms with Crippen LogP contribution in [0.5, 0.6) is 0 Å². The maximum Gasteiger partial charge on any atom is 0.253 e. The first-order valence-electron chi connectivity index (χ1n) is 11.0. The summed E-state index contributed by atoms with van der Waals surface area (Å²) in [5, 5.41) is 2.95. The lowest BCUT2D eigenvalue weighted by atomic mass is 9.91. The fourth-order valence-corrected chi connectivity index (χ4v) is 4.39. The molecule has 6 nitrogen and oxygen atoms in total. The van der Waals surface area contributed by atoms with E-state index < -0.39 is 0 Å². The van der Waals surface area contributed by atoms with Gasteiger partial charge in [0.1, 0.15) is 0 Å². The number of nitrogens with one attached hydrogen (secondary N) is 1. The van der Waals surface area contributed by atoms with Crippen molar-refractivity contribution in [3.63, 3.8) is 0 Å². The molecular formula is C25H29N3O3. The van der Waals surface area contributed by atoms with E-state index in [0.717, 1.165) is 42.5 Å². The molecule has 1 N–H and O–H groups in total. The topological polar surface area (TPSA) is 69.7 Å². The molecule has 0 bridgehead atoms. The number of carbonyl (C=O) groups excluding carboxylic acids is 3. The molecule has 2 aliphatic rings. The molecule has 3 amide bonds. The van der Waals surface area contributed by atoms with E-state index in [0.29, 0.717) is 31.7 Å². The Kier molecular flexibility index (Phi) is 6.35. The molecule has 6 heteroatoms. The molecule has 162 valence electrons. The van der Waals surface area contributed by atoms with Crippen LogP contribution in [0, 0.1) is 5.92 Å². The zero-order valence-corrected chi connectivity index (χ0v) is 18.0. The highest BCUT2D eigenvalue weighted by molar-refractivity contribution is 5.95. The average molecular weight is 420 g/mol. The van der Waals surface area contributed by atoms with Crippen LogP contribution in [0.4, 0.5) is 0 Å². The van der Waals surface area contributed by atoms with Gasteiger partial charge in [0.2, 0.25) is 11.8 Å². The van der Waals surface area contributed by atoms with Crippen molar-refractivity contribution in [1.82, 2.24) is 15.1 Å². The van der Waals surface area contributed by atoms with E-state index in [1.54, 1.807) is 11.8 Å². The van der Waals surface area contributed by atoms with Crippen molar-refractivity contribution >= 4 is 17.7 Å². The van der Waals surface area contributed by atoms with Gasteiger partial charge in [0.15, 0.2) is 0 Å². The number of piperazine rings is 1. The van der Waals surface area contributed by atoms with Crippen LogP contribution in [0.3, 0.4) is 0 Å². The molecular weight excluding hydrogens is 390 g/mol. The second kappa shape index (κ2) is 9.33. The molecule has 0 aliphatic carbocycles. The Balaban J connectivity index is 1.42. The van der Waals surface area contributed by atoms with Crippen LogP contribution in [0.25, 0.3) is 11.1 Å². The Morgan fingerprint density at radius 3 is 2.35 bits per heavy atom. The summed E-state index contributed by atoms with van der Waals surface area (Å²) in [4.78, 5) is 40.0. The van der Waals surface area contributed by atoms with Crippen LogP contribution in [0.2, 0.25) is 0 Å². The standard InChI is InChI=1S/C25H29N3O3/c1-18(29)27-12-14-28(15-13-27)25(31)23-5-2-4-21(17-23)20-9-7-19(8-10-20)16-22-6-3-11-26-24(22)30/h2,4-5,7-10,17,22H,3,6,11-16H2,1H3,(H,26,30). The summed E-state index contributed by atoms with van der Waals surface area (Å²) in [5.41, 5.74) is 3.86. The van der Waals surface area contributed by atoms with Crippen molar-refractivity contribution in [2.75, 3.05) is 32.7 Å². The van der Waals surface area contributed by atoms with Gasteiger partial charge < -0.3 is 15.1 Å². The molecule has 2 saturated heterocycles. The first-order valence-corrected chi connectivity index (χ1v) is 11.0. The van der Waals surface area contributed by atoms with Crippen molar-refractivity contribution in [2.24, 2.45) is 5.92 Å². The second-order valence-corrected chi connectivity index (χ2v) is 8.41. The second-order valence-electron chi connectivity index (χ2n) is 8.41. The first-order chi connectivity index (χ1) is 15.0. The van der Waals surface area contributed by atoms with E-state index in [1.807, 2.05) is 29.2 Å². The fraction of sp³-hybridized carbons (Fsp3) is 0.400. The summed E-state index contributed by atoms with van der Waals surface area (Å²) in [6, 6.07) is 16.0. The minimum absolute atomic E-state index is 0.00461. The number of amides is 3. The van der Waals surface area contributed by atoms with Gasteiger partial charge in [-0.3, -0.25) is 14.4 Å². The molecule has 1 unspecified atom stereocenters. The third kappa shape index (κ3) is 4.95. The highest BCUT2D eigenvalue weighted by Gasteiger charge is 2.24. The lowest BCUT2D eigenvalue weighted by Gasteiger charge is -2.34. The first kappa shape index (κ1) is 21.1. The van der Waals surface area contributed by atoms with Crippen LogP contribution in [0.1, 0.15) is 35.7 Å². The van der Waals surface area contributed by atoms with Gasteiger partial charge >= 0.3 is 0 Å². The van der Waals surface area contributed by atoms with Gasteiger partial charge in [-0.1, -0.05) is 36.4 Å². The zero-order valence-electron chi connectivity index (χ0n) is 18.0. The minimum Gasteiger partial charge on any atom is -0.356 e. The van der Waals surface area contributed by atoms with Gasteiger partial charge in [0.25, 0.3) is 5.91 Å². The maximum atomic E-state index is 13.0. The SMILES string of the molecule is CC(=O)N1CCN(C(=O)c2cccc(-c3ccc(CC4CCCNC4=O)cc3)c2)CC1. The maximum absolute atomic E-state index is 13.0. The molecule has 0 saturated carbocycles. The molecule has 2 aromatic rings. The van der Waals surface area contributed by atoms with Crippen molar-refractivity contribution < 1.29 is 14.4 Å². The molecule has 1 atom stereocenters. The van der Waals surface area contributed by atoms with Crippen LogP contribution in [-0.2, 0) is 16.0 Å². The third-order valence-electron chi connectivity index (χ3n) is 6.29. The van der Waals surface area contributed by atoms with Gasteiger partial charge in [-0.15, -0.1) is 0 Å². The molecule has 2 aromatic carbocycles. The number of hydrogen-bond donors (Lipinski definition) is 1. The summed E-state index contributed by atoms with van der Waals surface area (Å²) in [5.74, 6) is 0.279. The van der Waals surface area contributed by atoms with Crippen LogP contribution < -0.4 is 5.32 Å². The van der Waals surface area contributed by atoms with Crippen molar-refractivity contribution in [3.05, 3.63) is 59.7 Å². The summed E-state index contributed by atoms with van der Waals surface area (Å²) in [6.45, 7) is 4.65. The fourth-order valence-electron chi connectivity index (χ4n) is 4.39. The quantitative estimate of drug-likeness (QED) is 0.829. The summed E-state index contributed by atoms with van der Waals surface area (Å²) >= 11 is 0. The largest absolute Gasteiger partial charge is 0.356 e. The molecule has 2 heterocycles. The van der Waals surface area contributed by atoms with Crippen LogP contribution in [-0.4, -0.2) is 60.2 Å². The van der Waals surface area contributed by atoms with Gasteiger partial charge in [0, 0.05) is 51.1 Å². The summed E-state index contributed by atoms with van der Waals surface area (Å²) < 4.78 is 0. The Morgan fingerprint density at radius 2 is 1.68 bits per heavy atom. The summed E-state index contributed by atoms with van der Waals surface area (Å²) in [6.07, 6.45) is 2.74. The average Bonchev–Trinajstić information content (AvgIpc) is 2.81. The number of nitrogens with zero attached hydrogens (tertiary/aromatic N) is 2. The van der Waals surface area contributed by atoms with Crippen molar-refractivity contribution in [1.29, 1.82) is 0 Å². The van der Waals surface area contributed by atoms with Gasteiger partial charge in [-0.05, 0) is 48.1 Å². The Hall–Kier alpha value is -3.15. The van der Waals surface area contributed by atoms with Crippen LogP contribution >= 0.6 is 0 Å². The van der Waals surface area contributed by atoms with E-state index in [9.17, 15) is 14.4 Å². The lowest BCUT2D eigenvalue weighted by Crippen LogP contribution is -2.50. The third-order valence-corrected chi connectivity index (χ3v) is 6.29. The summed E-state index contributed by atoms with van der Waals surface area (Å²) in [7, 11) is 0. The van der Waals surface area contributed by atoms with Crippen molar-refractivity contribution in [2.45, 2.75) is 26.2 Å². The number of rotatable bonds is 4.